The van der Waals surface area contributed by atoms with Gasteiger partial charge in [-0.1, -0.05) is 58.8 Å². The number of nitrogens with one attached hydrogen (secondary N) is 2. The first-order valence-electron chi connectivity index (χ1n) is 9.20. The smallest absolute Gasteiger partial charge is 0.253 e. The summed E-state index contributed by atoms with van der Waals surface area (Å²) in [5, 5.41) is 13.3. The van der Waals surface area contributed by atoms with Crippen LogP contribution in [0.3, 0.4) is 0 Å². The van der Waals surface area contributed by atoms with Crippen molar-refractivity contribution in [3.8, 4) is 11.1 Å². The molecule has 13 heteroatoms. The van der Waals surface area contributed by atoms with Crippen LogP contribution in [0.4, 0.5) is 4.39 Å². The summed E-state index contributed by atoms with van der Waals surface area (Å²) in [4.78, 5) is 19.7. The Bertz CT molecular complexity index is 1210. The number of benzene rings is 1. The van der Waals surface area contributed by atoms with Gasteiger partial charge >= 0.3 is 0 Å². The number of sulfonamides is 1. The maximum absolute atomic E-state index is 13.3. The number of hydrogen-bond donors (Lipinski definition) is 3. The summed E-state index contributed by atoms with van der Waals surface area (Å²) >= 11 is 12.2. The van der Waals surface area contributed by atoms with Gasteiger partial charge in [-0.2, -0.15) is 0 Å². The first-order valence-corrected chi connectivity index (χ1v) is 12.8. The van der Waals surface area contributed by atoms with Crippen molar-refractivity contribution in [3.05, 3.63) is 47.1 Å². The van der Waals surface area contributed by atoms with Crippen LogP contribution in [0.5, 0.6) is 0 Å². The average Bonchev–Trinajstić information content (AvgIpc) is 3.17. The highest BCUT2D eigenvalue weighted by Crippen LogP contribution is 2.27. The van der Waals surface area contributed by atoms with Crippen molar-refractivity contribution in [2.24, 2.45) is 0 Å². The van der Waals surface area contributed by atoms with E-state index in [2.05, 4.69) is 20.0 Å². The predicted molar refractivity (Wildman–Crippen MR) is 123 cm³/mol. The van der Waals surface area contributed by atoms with Crippen LogP contribution in [-0.2, 0) is 21.4 Å². The van der Waals surface area contributed by atoms with Gasteiger partial charge in [-0.3, -0.25) is 4.79 Å². The minimum atomic E-state index is -3.33. The van der Waals surface area contributed by atoms with Crippen LogP contribution in [0, 0.1) is 0 Å². The summed E-state index contributed by atoms with van der Waals surface area (Å²) in [6, 6.07) is 7.30. The number of nitrogens with zero attached hydrogens (tertiary/aromatic N) is 2. The summed E-state index contributed by atoms with van der Waals surface area (Å²) in [6.45, 7) is -0.918. The van der Waals surface area contributed by atoms with Crippen LogP contribution in [0.2, 0.25) is 0 Å². The Morgan fingerprint density at radius 3 is 2.53 bits per heavy atom. The van der Waals surface area contributed by atoms with E-state index >= 15 is 0 Å². The first kappa shape index (κ1) is 24.7. The molecule has 32 heavy (non-hydrogen) atoms. The maximum atomic E-state index is 13.3. The summed E-state index contributed by atoms with van der Waals surface area (Å²) < 4.78 is 38.2. The number of halogens is 3. The topological polar surface area (TPSA) is 121 Å². The number of rotatable bonds is 9. The maximum Gasteiger partial charge on any atom is 0.253 e. The van der Waals surface area contributed by atoms with E-state index in [9.17, 15) is 22.7 Å². The Morgan fingerprint density at radius 1 is 1.25 bits per heavy atom. The number of hydrogen-bond acceptors (Lipinski definition) is 7. The van der Waals surface area contributed by atoms with Gasteiger partial charge in [-0.15, -0.1) is 0 Å². The molecular weight excluding hydrogens is 502 g/mol. The van der Waals surface area contributed by atoms with E-state index in [1.54, 1.807) is 30.5 Å². The Hall–Kier alpha value is -1.89. The van der Waals surface area contributed by atoms with Crippen molar-refractivity contribution in [1.82, 2.24) is 20.0 Å². The molecule has 3 N–H and O–H groups in total. The molecular formula is C19H19Cl2FN4O4S2. The second kappa shape index (κ2) is 10.4. The number of aliphatic hydroxyl groups excluding tert-OH is 1. The number of carbonyl (C=O) groups excluding carboxylic acids is 1. The Morgan fingerprint density at radius 2 is 1.94 bits per heavy atom. The largest absolute Gasteiger partial charge is 0.386 e. The molecule has 0 aliphatic heterocycles. The van der Waals surface area contributed by atoms with Crippen LogP contribution >= 0.6 is 34.5 Å². The van der Waals surface area contributed by atoms with Crippen molar-refractivity contribution in [3.63, 3.8) is 0 Å². The van der Waals surface area contributed by atoms with Gasteiger partial charge < -0.3 is 10.4 Å². The number of fused-ring (bicyclic) bond motifs is 1. The average molecular weight is 521 g/mol. The van der Waals surface area contributed by atoms with E-state index < -0.39 is 39.6 Å². The van der Waals surface area contributed by atoms with Crippen molar-refractivity contribution < 1.29 is 22.7 Å². The van der Waals surface area contributed by atoms with Gasteiger partial charge in [0.05, 0.1) is 18.8 Å². The Balaban J connectivity index is 1.76. The molecule has 0 spiro atoms. The lowest BCUT2D eigenvalue weighted by molar-refractivity contribution is -0.121. The SMILES string of the molecule is CS(=O)(=O)NCc1nc2cc(-c3ccc([C@@H](O)[C@@H](CF)NC(=O)C(Cl)Cl)cc3)cnc2s1. The lowest BCUT2D eigenvalue weighted by atomic mass is 9.99. The van der Waals surface area contributed by atoms with Crippen molar-refractivity contribution in [2.75, 3.05) is 12.9 Å². The summed E-state index contributed by atoms with van der Waals surface area (Å²) in [6.07, 6.45) is 1.44. The molecule has 1 amide bonds. The quantitative estimate of drug-likeness (QED) is 0.373. The highest BCUT2D eigenvalue weighted by atomic mass is 35.5. The van der Waals surface area contributed by atoms with Crippen molar-refractivity contribution in [1.29, 1.82) is 0 Å². The van der Waals surface area contributed by atoms with E-state index in [0.717, 1.165) is 17.4 Å². The lowest BCUT2D eigenvalue weighted by Crippen LogP contribution is -2.43. The molecule has 8 nitrogen and oxygen atoms in total. The van der Waals surface area contributed by atoms with E-state index in [4.69, 9.17) is 23.2 Å². The molecule has 2 aromatic heterocycles. The second-order valence-corrected chi connectivity index (χ2v) is 10.9. The number of pyridine rings is 1. The predicted octanol–water partition coefficient (Wildman–Crippen LogP) is 2.70. The molecule has 1 aromatic carbocycles. The number of aromatic nitrogens is 2. The molecule has 0 unspecified atom stereocenters. The third kappa shape index (κ3) is 6.33. The Labute approximate surface area is 197 Å². The standard InChI is InChI=1S/C19H19Cl2FN4O4S2/c1-32(29,30)24-9-15-25-13-6-12(8-23-19(13)31-15)10-2-4-11(5-3-10)16(27)14(7-22)26-18(28)17(20)21/h2-6,8,14,16-17,24,27H,7,9H2,1H3,(H,26,28)/t14-,16-/m1/s1. The first-order chi connectivity index (χ1) is 15.1. The van der Waals surface area contributed by atoms with Crippen molar-refractivity contribution in [2.45, 2.75) is 23.5 Å². The van der Waals surface area contributed by atoms with Gasteiger partial charge in [0.1, 0.15) is 28.1 Å². The van der Waals surface area contributed by atoms with Crippen LogP contribution in [0.1, 0.15) is 16.7 Å². The number of aliphatic hydroxyl groups is 1. The van der Waals surface area contributed by atoms with Gasteiger partial charge in [0.25, 0.3) is 5.91 Å². The molecule has 2 heterocycles. The number of thiazole rings is 1. The molecule has 0 bridgehead atoms. The number of alkyl halides is 3. The Kier molecular flexibility index (Phi) is 8.01. The van der Waals surface area contributed by atoms with Crippen LogP contribution in [-0.4, -0.2) is 53.2 Å². The third-order valence-corrected chi connectivity index (χ3v) is 6.48. The van der Waals surface area contributed by atoms with Crippen LogP contribution in [0.15, 0.2) is 36.5 Å². The summed E-state index contributed by atoms with van der Waals surface area (Å²) in [5.41, 5.74) is 2.56. The van der Waals surface area contributed by atoms with Gasteiger partial charge in [-0.25, -0.2) is 27.5 Å². The van der Waals surface area contributed by atoms with Crippen LogP contribution in [0.25, 0.3) is 21.5 Å². The zero-order valence-electron chi connectivity index (χ0n) is 16.6. The highest BCUT2D eigenvalue weighted by molar-refractivity contribution is 7.88. The molecule has 0 radical (unpaired) electrons. The summed E-state index contributed by atoms with van der Waals surface area (Å²) in [5.74, 6) is -0.791. The molecule has 0 saturated heterocycles. The molecule has 0 saturated carbocycles. The molecule has 3 rings (SSSR count). The zero-order chi connectivity index (χ0) is 23.5. The van der Waals surface area contributed by atoms with Crippen molar-refractivity contribution >= 4 is 60.8 Å². The van der Waals surface area contributed by atoms with Crippen LogP contribution < -0.4 is 10.0 Å². The fraction of sp³-hybridized carbons (Fsp3) is 0.316. The fourth-order valence-electron chi connectivity index (χ4n) is 2.85. The third-order valence-electron chi connectivity index (χ3n) is 4.44. The van der Waals surface area contributed by atoms with Gasteiger partial charge in [0.15, 0.2) is 4.84 Å². The zero-order valence-corrected chi connectivity index (χ0v) is 19.8. The normalized spacial score (nSPS) is 13.9. The van der Waals surface area contributed by atoms with E-state index in [-0.39, 0.29) is 6.54 Å². The lowest BCUT2D eigenvalue weighted by Gasteiger charge is -2.22. The molecule has 2 atom stereocenters. The molecule has 0 fully saturated rings. The van der Waals surface area contributed by atoms with E-state index in [0.29, 0.717) is 20.9 Å². The van der Waals surface area contributed by atoms with Gasteiger partial charge in [0, 0.05) is 11.8 Å². The van der Waals surface area contributed by atoms with E-state index in [1.165, 1.54) is 11.3 Å². The summed E-state index contributed by atoms with van der Waals surface area (Å²) in [7, 11) is -3.33. The number of amides is 1. The second-order valence-electron chi connectivity index (χ2n) is 6.89. The fourth-order valence-corrected chi connectivity index (χ4v) is 4.29. The number of carbonyl (C=O) groups is 1. The molecule has 3 aromatic rings. The molecule has 0 aliphatic carbocycles. The van der Waals surface area contributed by atoms with Gasteiger partial charge in [-0.05, 0) is 17.2 Å². The van der Waals surface area contributed by atoms with E-state index in [1.807, 2.05) is 6.07 Å². The molecule has 0 aliphatic rings. The minimum absolute atomic E-state index is 0.0856. The monoisotopic (exact) mass is 520 g/mol. The highest BCUT2D eigenvalue weighted by Gasteiger charge is 2.25. The molecule has 172 valence electrons. The minimum Gasteiger partial charge on any atom is -0.386 e. The van der Waals surface area contributed by atoms with Gasteiger partial charge in [0.2, 0.25) is 10.0 Å².